The Kier molecular flexibility index (Phi) is 4.84. The maximum atomic E-state index is 11.9. The van der Waals surface area contributed by atoms with Crippen LogP contribution in [0.15, 0.2) is 0 Å². The molecule has 3 heteroatoms. The zero-order valence-corrected chi connectivity index (χ0v) is 10.8. The molecule has 2 rings (SSSR count). The van der Waals surface area contributed by atoms with E-state index in [2.05, 4.69) is 5.32 Å². The summed E-state index contributed by atoms with van der Waals surface area (Å²) in [4.78, 5) is 11.9. The minimum atomic E-state index is 0.0846. The van der Waals surface area contributed by atoms with Crippen molar-refractivity contribution in [3.63, 3.8) is 0 Å². The Morgan fingerprint density at radius 1 is 1.06 bits per heavy atom. The number of hydrogen-bond acceptors (Lipinski definition) is 2. The zero-order chi connectivity index (χ0) is 12.1. The summed E-state index contributed by atoms with van der Waals surface area (Å²) in [6, 6.07) is 0.102. The van der Waals surface area contributed by atoms with Gasteiger partial charge in [0.25, 0.3) is 0 Å². The van der Waals surface area contributed by atoms with Crippen LogP contribution in [0.4, 0.5) is 0 Å². The van der Waals surface area contributed by atoms with E-state index in [0.29, 0.717) is 0 Å². The third-order valence-electron chi connectivity index (χ3n) is 4.48. The molecule has 17 heavy (non-hydrogen) atoms. The van der Waals surface area contributed by atoms with Gasteiger partial charge in [-0.05, 0) is 25.2 Å². The van der Waals surface area contributed by atoms with E-state index in [1.165, 1.54) is 32.1 Å². The quantitative estimate of drug-likeness (QED) is 0.789. The van der Waals surface area contributed by atoms with Crippen molar-refractivity contribution >= 4 is 5.91 Å². The molecule has 0 bridgehead atoms. The fourth-order valence-electron chi connectivity index (χ4n) is 3.32. The van der Waals surface area contributed by atoms with Gasteiger partial charge in [0.1, 0.15) is 0 Å². The average Bonchev–Trinajstić information content (AvgIpc) is 2.77. The van der Waals surface area contributed by atoms with Gasteiger partial charge in [-0.2, -0.15) is 0 Å². The van der Waals surface area contributed by atoms with Crippen LogP contribution < -0.4 is 11.1 Å². The first-order valence-electron chi connectivity index (χ1n) is 7.30. The summed E-state index contributed by atoms with van der Waals surface area (Å²) < 4.78 is 0. The average molecular weight is 238 g/mol. The van der Waals surface area contributed by atoms with Gasteiger partial charge < -0.3 is 11.1 Å². The molecular formula is C14H26N2O. The SMILES string of the molecule is NC1CCCC1C(=O)NCCC1CCCCC1. The molecule has 2 fully saturated rings. The highest BCUT2D eigenvalue weighted by Crippen LogP contribution is 2.26. The zero-order valence-electron chi connectivity index (χ0n) is 10.8. The molecule has 0 aromatic rings. The Morgan fingerprint density at radius 2 is 1.82 bits per heavy atom. The van der Waals surface area contributed by atoms with E-state index in [9.17, 15) is 4.79 Å². The molecule has 2 unspecified atom stereocenters. The molecule has 3 nitrogen and oxygen atoms in total. The number of carbonyl (C=O) groups excluding carboxylic acids is 1. The van der Waals surface area contributed by atoms with Crippen LogP contribution in [0.3, 0.4) is 0 Å². The Balaban J connectivity index is 1.62. The normalized spacial score (nSPS) is 30.4. The second-order valence-corrected chi connectivity index (χ2v) is 5.78. The Hall–Kier alpha value is -0.570. The lowest BCUT2D eigenvalue weighted by Gasteiger charge is -2.22. The highest BCUT2D eigenvalue weighted by atomic mass is 16.1. The molecule has 0 spiro atoms. The van der Waals surface area contributed by atoms with E-state index < -0.39 is 0 Å². The monoisotopic (exact) mass is 238 g/mol. The van der Waals surface area contributed by atoms with Crippen molar-refractivity contribution in [2.45, 2.75) is 63.8 Å². The van der Waals surface area contributed by atoms with Crippen LogP contribution in [-0.4, -0.2) is 18.5 Å². The second-order valence-electron chi connectivity index (χ2n) is 5.78. The van der Waals surface area contributed by atoms with Crippen LogP contribution in [0.5, 0.6) is 0 Å². The molecule has 2 saturated carbocycles. The first-order chi connectivity index (χ1) is 8.27. The fraction of sp³-hybridized carbons (Fsp3) is 0.929. The molecule has 1 amide bonds. The summed E-state index contributed by atoms with van der Waals surface area (Å²) in [5, 5.41) is 3.08. The van der Waals surface area contributed by atoms with Gasteiger partial charge in [0.15, 0.2) is 0 Å². The van der Waals surface area contributed by atoms with Gasteiger partial charge in [-0.15, -0.1) is 0 Å². The van der Waals surface area contributed by atoms with Gasteiger partial charge in [-0.1, -0.05) is 38.5 Å². The van der Waals surface area contributed by atoms with E-state index >= 15 is 0 Å². The van der Waals surface area contributed by atoms with E-state index in [0.717, 1.165) is 38.1 Å². The van der Waals surface area contributed by atoms with E-state index in [1.807, 2.05) is 0 Å². The first-order valence-corrected chi connectivity index (χ1v) is 7.30. The second kappa shape index (κ2) is 6.39. The molecule has 2 atom stereocenters. The number of amides is 1. The maximum Gasteiger partial charge on any atom is 0.224 e. The lowest BCUT2D eigenvalue weighted by Crippen LogP contribution is -2.39. The van der Waals surface area contributed by atoms with Gasteiger partial charge in [-0.25, -0.2) is 0 Å². The van der Waals surface area contributed by atoms with E-state index in [-0.39, 0.29) is 17.9 Å². The molecule has 0 saturated heterocycles. The van der Waals surface area contributed by atoms with Crippen molar-refractivity contribution in [1.29, 1.82) is 0 Å². The van der Waals surface area contributed by atoms with Crippen LogP contribution in [-0.2, 0) is 4.79 Å². The number of nitrogens with one attached hydrogen (secondary N) is 1. The number of hydrogen-bond donors (Lipinski definition) is 2. The summed E-state index contributed by atoms with van der Waals surface area (Å²) in [6.07, 6.45) is 11.2. The smallest absolute Gasteiger partial charge is 0.224 e. The molecule has 2 aliphatic rings. The van der Waals surface area contributed by atoms with Crippen molar-refractivity contribution in [3.05, 3.63) is 0 Å². The largest absolute Gasteiger partial charge is 0.356 e. The molecule has 0 aromatic heterocycles. The van der Waals surface area contributed by atoms with Crippen LogP contribution in [0, 0.1) is 11.8 Å². The third-order valence-corrected chi connectivity index (χ3v) is 4.48. The predicted octanol–water partition coefficient (Wildman–Crippen LogP) is 2.20. The lowest BCUT2D eigenvalue weighted by atomic mass is 9.87. The molecule has 0 aliphatic heterocycles. The van der Waals surface area contributed by atoms with Gasteiger partial charge in [0, 0.05) is 12.6 Å². The van der Waals surface area contributed by atoms with E-state index in [4.69, 9.17) is 5.73 Å². The van der Waals surface area contributed by atoms with E-state index in [1.54, 1.807) is 0 Å². The number of rotatable bonds is 4. The minimum absolute atomic E-state index is 0.0846. The van der Waals surface area contributed by atoms with Crippen LogP contribution >= 0.6 is 0 Å². The van der Waals surface area contributed by atoms with Gasteiger partial charge in [-0.3, -0.25) is 4.79 Å². The Morgan fingerprint density at radius 3 is 2.47 bits per heavy atom. The Labute approximate surface area is 105 Å². The summed E-state index contributed by atoms with van der Waals surface area (Å²) in [7, 11) is 0. The van der Waals surface area contributed by atoms with Crippen molar-refractivity contribution < 1.29 is 4.79 Å². The predicted molar refractivity (Wildman–Crippen MR) is 69.5 cm³/mol. The maximum absolute atomic E-state index is 11.9. The minimum Gasteiger partial charge on any atom is -0.356 e. The van der Waals surface area contributed by atoms with Gasteiger partial charge in [0.05, 0.1) is 5.92 Å². The molecular weight excluding hydrogens is 212 g/mol. The van der Waals surface area contributed by atoms with Crippen molar-refractivity contribution in [1.82, 2.24) is 5.32 Å². The van der Waals surface area contributed by atoms with Crippen LogP contribution in [0.1, 0.15) is 57.8 Å². The highest BCUT2D eigenvalue weighted by Gasteiger charge is 2.29. The highest BCUT2D eigenvalue weighted by molar-refractivity contribution is 5.79. The van der Waals surface area contributed by atoms with Gasteiger partial charge in [0.2, 0.25) is 5.91 Å². The fourth-order valence-corrected chi connectivity index (χ4v) is 3.32. The molecule has 98 valence electrons. The van der Waals surface area contributed by atoms with Crippen LogP contribution in [0.2, 0.25) is 0 Å². The summed E-state index contributed by atoms with van der Waals surface area (Å²) in [5.74, 6) is 1.13. The van der Waals surface area contributed by atoms with Crippen molar-refractivity contribution in [3.8, 4) is 0 Å². The summed E-state index contributed by atoms with van der Waals surface area (Å²) in [5.41, 5.74) is 5.93. The van der Waals surface area contributed by atoms with Crippen molar-refractivity contribution in [2.75, 3.05) is 6.54 Å². The number of nitrogens with two attached hydrogens (primary N) is 1. The molecule has 0 radical (unpaired) electrons. The summed E-state index contributed by atoms with van der Waals surface area (Å²) in [6.45, 7) is 0.854. The molecule has 2 aliphatic carbocycles. The molecule has 0 heterocycles. The first kappa shape index (κ1) is 12.9. The third kappa shape index (κ3) is 3.70. The standard InChI is InChI=1S/C14H26N2O/c15-13-8-4-7-12(13)14(17)16-10-9-11-5-2-1-3-6-11/h11-13H,1-10,15H2,(H,16,17). The van der Waals surface area contributed by atoms with Crippen LogP contribution in [0.25, 0.3) is 0 Å². The Bertz CT molecular complexity index is 249. The lowest BCUT2D eigenvalue weighted by molar-refractivity contribution is -0.125. The molecule has 0 aromatic carbocycles. The topological polar surface area (TPSA) is 55.1 Å². The molecule has 3 N–H and O–H groups in total. The van der Waals surface area contributed by atoms with Gasteiger partial charge >= 0.3 is 0 Å². The van der Waals surface area contributed by atoms with Crippen molar-refractivity contribution in [2.24, 2.45) is 17.6 Å². The number of carbonyl (C=O) groups is 1. The summed E-state index contributed by atoms with van der Waals surface area (Å²) >= 11 is 0.